The first-order valence-corrected chi connectivity index (χ1v) is 7.53. The lowest BCUT2D eigenvalue weighted by atomic mass is 10.2. The molecule has 0 saturated heterocycles. The van der Waals surface area contributed by atoms with Gasteiger partial charge in [-0.2, -0.15) is 0 Å². The second-order valence-corrected chi connectivity index (χ2v) is 5.95. The average Bonchev–Trinajstić information content (AvgIpc) is 2.42. The molecular weight excluding hydrogens is 288 g/mol. The van der Waals surface area contributed by atoms with Crippen molar-refractivity contribution in [2.45, 2.75) is 33.7 Å². The highest BCUT2D eigenvalue weighted by atomic mass is 35.5. The van der Waals surface area contributed by atoms with Crippen LogP contribution in [0.5, 0.6) is 0 Å². The van der Waals surface area contributed by atoms with E-state index in [1.165, 1.54) is 6.92 Å². The molecule has 0 radical (unpaired) electrons. The molecule has 1 aromatic carbocycles. The molecule has 0 saturated carbocycles. The molecule has 4 nitrogen and oxygen atoms in total. The number of carbonyl (C=O) groups is 2. The third-order valence-electron chi connectivity index (χ3n) is 3.05. The van der Waals surface area contributed by atoms with Gasteiger partial charge in [-0.05, 0) is 23.6 Å². The quantitative estimate of drug-likeness (QED) is 0.842. The summed E-state index contributed by atoms with van der Waals surface area (Å²) in [6.45, 7) is 7.18. The van der Waals surface area contributed by atoms with Crippen LogP contribution >= 0.6 is 11.6 Å². The van der Waals surface area contributed by atoms with Gasteiger partial charge in [-0.25, -0.2) is 0 Å². The van der Waals surface area contributed by atoms with Gasteiger partial charge in [0, 0.05) is 38.0 Å². The van der Waals surface area contributed by atoms with Gasteiger partial charge in [0.1, 0.15) is 0 Å². The molecule has 0 aliphatic carbocycles. The third-order valence-corrected chi connectivity index (χ3v) is 3.30. The summed E-state index contributed by atoms with van der Waals surface area (Å²) in [5.74, 6) is 0.361. The van der Waals surface area contributed by atoms with Gasteiger partial charge in [-0.1, -0.05) is 37.6 Å². The van der Waals surface area contributed by atoms with Crippen LogP contribution in [0.4, 0.5) is 0 Å². The summed E-state index contributed by atoms with van der Waals surface area (Å²) < 4.78 is 0. The minimum absolute atomic E-state index is 0.0222. The van der Waals surface area contributed by atoms with E-state index in [2.05, 4.69) is 5.32 Å². The first-order valence-electron chi connectivity index (χ1n) is 7.15. The fraction of sp³-hybridized carbons (Fsp3) is 0.500. The van der Waals surface area contributed by atoms with Crippen molar-refractivity contribution in [3.8, 4) is 0 Å². The predicted molar refractivity (Wildman–Crippen MR) is 85.0 cm³/mol. The molecule has 0 aliphatic heterocycles. The van der Waals surface area contributed by atoms with Crippen LogP contribution in [0, 0.1) is 5.92 Å². The summed E-state index contributed by atoms with van der Waals surface area (Å²) in [5, 5.41) is 3.52. The van der Waals surface area contributed by atoms with Gasteiger partial charge in [0.2, 0.25) is 11.8 Å². The molecule has 1 rings (SSSR count). The minimum atomic E-state index is -0.0402. The maximum Gasteiger partial charge on any atom is 0.221 e. The Morgan fingerprint density at radius 1 is 1.24 bits per heavy atom. The van der Waals surface area contributed by atoms with Crippen molar-refractivity contribution in [1.29, 1.82) is 0 Å². The smallest absolute Gasteiger partial charge is 0.221 e. The van der Waals surface area contributed by atoms with E-state index in [1.54, 1.807) is 17.0 Å². The zero-order valence-corrected chi connectivity index (χ0v) is 13.6. The monoisotopic (exact) mass is 310 g/mol. The molecule has 0 atom stereocenters. The summed E-state index contributed by atoms with van der Waals surface area (Å²) in [5.41, 5.74) is 0.997. The molecule has 0 unspecified atom stereocenters. The zero-order chi connectivity index (χ0) is 15.8. The second kappa shape index (κ2) is 8.67. The Kier molecular flexibility index (Phi) is 7.23. The minimum Gasteiger partial charge on any atom is -0.356 e. The van der Waals surface area contributed by atoms with Gasteiger partial charge in [-0.3, -0.25) is 9.59 Å². The largest absolute Gasteiger partial charge is 0.356 e. The molecule has 0 spiro atoms. The van der Waals surface area contributed by atoms with Crippen LogP contribution in [0.3, 0.4) is 0 Å². The van der Waals surface area contributed by atoms with Gasteiger partial charge in [0.05, 0.1) is 0 Å². The van der Waals surface area contributed by atoms with Crippen molar-refractivity contribution in [2.24, 2.45) is 5.92 Å². The number of rotatable bonds is 7. The van der Waals surface area contributed by atoms with Crippen LogP contribution in [-0.4, -0.2) is 29.8 Å². The highest BCUT2D eigenvalue weighted by Gasteiger charge is 2.12. The topological polar surface area (TPSA) is 49.4 Å². The summed E-state index contributed by atoms with van der Waals surface area (Å²) in [7, 11) is 0. The van der Waals surface area contributed by atoms with Crippen LogP contribution in [0.25, 0.3) is 0 Å². The van der Waals surface area contributed by atoms with Crippen molar-refractivity contribution >= 4 is 23.4 Å². The summed E-state index contributed by atoms with van der Waals surface area (Å²) in [6, 6.07) is 7.36. The van der Waals surface area contributed by atoms with Gasteiger partial charge in [-0.15, -0.1) is 0 Å². The van der Waals surface area contributed by atoms with Gasteiger partial charge < -0.3 is 10.2 Å². The van der Waals surface area contributed by atoms with Crippen LogP contribution in [0.15, 0.2) is 24.3 Å². The first-order chi connectivity index (χ1) is 9.88. The lowest BCUT2D eigenvalue weighted by molar-refractivity contribution is -0.130. The van der Waals surface area contributed by atoms with Crippen molar-refractivity contribution in [3.05, 3.63) is 34.9 Å². The maximum absolute atomic E-state index is 11.7. The molecule has 0 heterocycles. The highest BCUT2D eigenvalue weighted by Crippen LogP contribution is 2.12. The van der Waals surface area contributed by atoms with Crippen LogP contribution in [0.1, 0.15) is 32.8 Å². The standard InChI is InChI=1S/C16H23ClN2O2/c1-12(2)10-18-16(21)8-9-19(13(3)20)11-14-4-6-15(17)7-5-14/h4-7,12H,8-11H2,1-3H3,(H,18,21). The summed E-state index contributed by atoms with van der Waals surface area (Å²) >= 11 is 5.84. The molecule has 1 N–H and O–H groups in total. The van der Waals surface area contributed by atoms with Gasteiger partial charge >= 0.3 is 0 Å². The zero-order valence-electron chi connectivity index (χ0n) is 12.9. The fourth-order valence-electron chi connectivity index (χ4n) is 1.80. The number of nitrogens with one attached hydrogen (secondary N) is 1. The van der Waals surface area contributed by atoms with Crippen LogP contribution in [-0.2, 0) is 16.1 Å². The van der Waals surface area contributed by atoms with E-state index >= 15 is 0 Å². The number of benzene rings is 1. The molecule has 116 valence electrons. The third kappa shape index (κ3) is 7.14. The normalized spacial score (nSPS) is 10.5. The van der Waals surface area contributed by atoms with E-state index in [9.17, 15) is 9.59 Å². The van der Waals surface area contributed by atoms with E-state index in [-0.39, 0.29) is 11.8 Å². The van der Waals surface area contributed by atoms with E-state index in [1.807, 2.05) is 26.0 Å². The highest BCUT2D eigenvalue weighted by molar-refractivity contribution is 6.30. The number of carbonyl (C=O) groups excluding carboxylic acids is 2. The van der Waals surface area contributed by atoms with E-state index in [0.29, 0.717) is 37.0 Å². The Bertz CT molecular complexity index is 472. The van der Waals surface area contributed by atoms with Crippen molar-refractivity contribution in [1.82, 2.24) is 10.2 Å². The molecule has 0 bridgehead atoms. The fourth-order valence-corrected chi connectivity index (χ4v) is 1.93. The molecule has 5 heteroatoms. The van der Waals surface area contributed by atoms with E-state index < -0.39 is 0 Å². The lowest BCUT2D eigenvalue weighted by Gasteiger charge is -2.21. The average molecular weight is 311 g/mol. The predicted octanol–water partition coefficient (Wildman–Crippen LogP) is 2.85. The number of amides is 2. The molecule has 0 aromatic heterocycles. The number of hydrogen-bond donors (Lipinski definition) is 1. The van der Waals surface area contributed by atoms with Crippen molar-refractivity contribution in [2.75, 3.05) is 13.1 Å². The second-order valence-electron chi connectivity index (χ2n) is 5.51. The number of nitrogens with zero attached hydrogens (tertiary/aromatic N) is 1. The number of hydrogen-bond acceptors (Lipinski definition) is 2. The molecule has 0 fully saturated rings. The van der Waals surface area contributed by atoms with Crippen molar-refractivity contribution in [3.63, 3.8) is 0 Å². The summed E-state index contributed by atoms with van der Waals surface area (Å²) in [4.78, 5) is 25.0. The Morgan fingerprint density at radius 3 is 2.38 bits per heavy atom. The van der Waals surface area contributed by atoms with Gasteiger partial charge in [0.15, 0.2) is 0 Å². The molecule has 1 aromatic rings. The Morgan fingerprint density at radius 2 is 1.86 bits per heavy atom. The summed E-state index contributed by atoms with van der Waals surface area (Å²) in [6.07, 6.45) is 0.319. The van der Waals surface area contributed by atoms with Crippen molar-refractivity contribution < 1.29 is 9.59 Å². The molecular formula is C16H23ClN2O2. The van der Waals surface area contributed by atoms with Crippen LogP contribution in [0.2, 0.25) is 5.02 Å². The molecule has 0 aliphatic rings. The van der Waals surface area contributed by atoms with E-state index in [0.717, 1.165) is 5.56 Å². The van der Waals surface area contributed by atoms with Crippen LogP contribution < -0.4 is 5.32 Å². The lowest BCUT2D eigenvalue weighted by Crippen LogP contribution is -2.34. The van der Waals surface area contributed by atoms with Gasteiger partial charge in [0.25, 0.3) is 0 Å². The first kappa shape index (κ1) is 17.5. The SMILES string of the molecule is CC(=O)N(CCC(=O)NCC(C)C)Cc1ccc(Cl)cc1. The molecule has 21 heavy (non-hydrogen) atoms. The Hall–Kier alpha value is -1.55. The molecule has 2 amide bonds. The Balaban J connectivity index is 2.48. The van der Waals surface area contributed by atoms with E-state index in [4.69, 9.17) is 11.6 Å². The maximum atomic E-state index is 11.7. The Labute approximate surface area is 131 Å². The number of halogens is 1.